The Hall–Kier alpha value is -0.590. The van der Waals surface area contributed by atoms with Gasteiger partial charge in [0.1, 0.15) is 0 Å². The summed E-state index contributed by atoms with van der Waals surface area (Å²) in [6, 6.07) is 0. The van der Waals surface area contributed by atoms with E-state index in [0.29, 0.717) is 5.78 Å². The zero-order valence-corrected chi connectivity index (χ0v) is 8.26. The highest BCUT2D eigenvalue weighted by Crippen LogP contribution is 2.24. The number of carbonyl (C=O) groups is 1. The predicted molar refractivity (Wildman–Crippen MR) is 50.9 cm³/mol. The lowest BCUT2D eigenvalue weighted by Gasteiger charge is -2.18. The van der Waals surface area contributed by atoms with Gasteiger partial charge >= 0.3 is 0 Å². The SMILES string of the molecule is CC1CC=C(C(=O)C(C)C)CC1. The van der Waals surface area contributed by atoms with Crippen LogP contribution in [0.5, 0.6) is 0 Å². The summed E-state index contributed by atoms with van der Waals surface area (Å²) >= 11 is 0. The minimum Gasteiger partial charge on any atom is -0.294 e. The molecule has 0 N–H and O–H groups in total. The van der Waals surface area contributed by atoms with Crippen molar-refractivity contribution in [3.05, 3.63) is 11.6 Å². The summed E-state index contributed by atoms with van der Waals surface area (Å²) < 4.78 is 0. The molecule has 0 aromatic carbocycles. The van der Waals surface area contributed by atoms with Crippen LogP contribution in [0.4, 0.5) is 0 Å². The molecule has 1 nitrogen and oxygen atoms in total. The highest BCUT2D eigenvalue weighted by Gasteiger charge is 2.17. The molecular formula is C11H18O. The van der Waals surface area contributed by atoms with Gasteiger partial charge in [0, 0.05) is 5.92 Å². The van der Waals surface area contributed by atoms with Crippen molar-refractivity contribution >= 4 is 5.78 Å². The molecule has 0 amide bonds. The summed E-state index contributed by atoms with van der Waals surface area (Å²) in [5, 5.41) is 0. The van der Waals surface area contributed by atoms with Crippen LogP contribution in [0.15, 0.2) is 11.6 Å². The molecule has 0 heterocycles. The van der Waals surface area contributed by atoms with Gasteiger partial charge in [0.15, 0.2) is 5.78 Å². The Balaban J connectivity index is 2.59. The Bertz CT molecular complexity index is 201. The maximum Gasteiger partial charge on any atom is 0.161 e. The highest BCUT2D eigenvalue weighted by molar-refractivity contribution is 5.96. The second kappa shape index (κ2) is 3.88. The van der Waals surface area contributed by atoms with Crippen molar-refractivity contribution in [1.29, 1.82) is 0 Å². The maximum atomic E-state index is 11.5. The Labute approximate surface area is 74.9 Å². The van der Waals surface area contributed by atoms with E-state index in [0.717, 1.165) is 24.3 Å². The van der Waals surface area contributed by atoms with Crippen molar-refractivity contribution in [3.63, 3.8) is 0 Å². The van der Waals surface area contributed by atoms with E-state index in [-0.39, 0.29) is 5.92 Å². The van der Waals surface area contributed by atoms with Crippen molar-refractivity contribution in [3.8, 4) is 0 Å². The van der Waals surface area contributed by atoms with Gasteiger partial charge in [-0.1, -0.05) is 26.8 Å². The van der Waals surface area contributed by atoms with Crippen molar-refractivity contribution in [2.45, 2.75) is 40.0 Å². The Kier molecular flexibility index (Phi) is 3.07. The largest absolute Gasteiger partial charge is 0.294 e. The predicted octanol–water partition coefficient (Wildman–Crippen LogP) is 2.96. The van der Waals surface area contributed by atoms with Crippen LogP contribution in [0.2, 0.25) is 0 Å². The van der Waals surface area contributed by atoms with Crippen LogP contribution in [0, 0.1) is 11.8 Å². The summed E-state index contributed by atoms with van der Waals surface area (Å²) in [6.07, 6.45) is 5.41. The van der Waals surface area contributed by atoms with E-state index >= 15 is 0 Å². The second-order valence-corrected chi connectivity index (χ2v) is 4.13. The lowest BCUT2D eigenvalue weighted by Crippen LogP contribution is -2.14. The summed E-state index contributed by atoms with van der Waals surface area (Å²) in [7, 11) is 0. The summed E-state index contributed by atoms with van der Waals surface area (Å²) in [4.78, 5) is 11.5. The van der Waals surface area contributed by atoms with Crippen LogP contribution in [0.25, 0.3) is 0 Å². The summed E-state index contributed by atoms with van der Waals surface area (Å²) in [6.45, 7) is 6.19. The van der Waals surface area contributed by atoms with Gasteiger partial charge in [-0.05, 0) is 30.8 Å². The molecule has 0 saturated heterocycles. The summed E-state index contributed by atoms with van der Waals surface area (Å²) in [5.74, 6) is 1.29. The molecule has 0 saturated carbocycles. The average Bonchev–Trinajstić information content (AvgIpc) is 2.04. The molecule has 0 bridgehead atoms. The van der Waals surface area contributed by atoms with Gasteiger partial charge in [0.25, 0.3) is 0 Å². The molecule has 1 unspecified atom stereocenters. The van der Waals surface area contributed by atoms with Crippen LogP contribution in [-0.2, 0) is 4.79 Å². The van der Waals surface area contributed by atoms with Gasteiger partial charge in [0.2, 0.25) is 0 Å². The van der Waals surface area contributed by atoms with Gasteiger partial charge in [-0.2, -0.15) is 0 Å². The smallest absolute Gasteiger partial charge is 0.161 e. The van der Waals surface area contributed by atoms with E-state index in [1.807, 2.05) is 13.8 Å². The third-order valence-electron chi connectivity index (χ3n) is 2.51. The van der Waals surface area contributed by atoms with Crippen molar-refractivity contribution in [2.24, 2.45) is 11.8 Å². The molecule has 68 valence electrons. The first-order chi connectivity index (χ1) is 5.61. The zero-order valence-electron chi connectivity index (χ0n) is 8.26. The van der Waals surface area contributed by atoms with E-state index in [2.05, 4.69) is 13.0 Å². The lowest BCUT2D eigenvalue weighted by atomic mass is 9.86. The first-order valence-corrected chi connectivity index (χ1v) is 4.84. The van der Waals surface area contributed by atoms with Crippen molar-refractivity contribution in [2.75, 3.05) is 0 Å². The Morgan fingerprint density at radius 3 is 2.67 bits per heavy atom. The van der Waals surface area contributed by atoms with Crippen molar-refractivity contribution in [1.82, 2.24) is 0 Å². The quantitative estimate of drug-likeness (QED) is 0.616. The number of allylic oxidation sites excluding steroid dienone is 2. The minimum absolute atomic E-state index is 0.171. The van der Waals surface area contributed by atoms with Crippen molar-refractivity contribution < 1.29 is 4.79 Å². The number of carbonyl (C=O) groups excluding carboxylic acids is 1. The molecule has 1 heteroatoms. The summed E-state index contributed by atoms with van der Waals surface area (Å²) in [5.41, 5.74) is 1.07. The van der Waals surface area contributed by atoms with Crippen LogP contribution in [0.3, 0.4) is 0 Å². The number of hydrogen-bond acceptors (Lipinski definition) is 1. The normalized spacial score (nSPS) is 24.0. The van der Waals surface area contributed by atoms with Crippen LogP contribution >= 0.6 is 0 Å². The fourth-order valence-corrected chi connectivity index (χ4v) is 1.56. The Morgan fingerprint density at radius 2 is 2.25 bits per heavy atom. The van der Waals surface area contributed by atoms with E-state index in [1.165, 1.54) is 6.42 Å². The maximum absolute atomic E-state index is 11.5. The number of hydrogen-bond donors (Lipinski definition) is 0. The molecule has 12 heavy (non-hydrogen) atoms. The van der Waals surface area contributed by atoms with Gasteiger partial charge in [-0.25, -0.2) is 0 Å². The van der Waals surface area contributed by atoms with Crippen LogP contribution in [-0.4, -0.2) is 5.78 Å². The number of ketones is 1. The number of rotatable bonds is 2. The molecule has 0 aromatic heterocycles. The molecule has 1 atom stereocenters. The minimum atomic E-state index is 0.171. The molecule has 1 aliphatic carbocycles. The third kappa shape index (κ3) is 2.20. The molecule has 0 fully saturated rings. The number of Topliss-reactive ketones (excluding diaryl/α,β-unsaturated/α-hetero) is 1. The molecule has 1 rings (SSSR count). The molecular weight excluding hydrogens is 148 g/mol. The molecule has 0 aliphatic heterocycles. The standard InChI is InChI=1S/C11H18O/c1-8(2)11(12)10-6-4-9(3)5-7-10/h6,8-9H,4-5,7H2,1-3H3. The van der Waals surface area contributed by atoms with E-state index in [9.17, 15) is 4.79 Å². The molecule has 1 aliphatic rings. The van der Waals surface area contributed by atoms with Crippen LogP contribution < -0.4 is 0 Å². The van der Waals surface area contributed by atoms with Gasteiger partial charge < -0.3 is 0 Å². The highest BCUT2D eigenvalue weighted by atomic mass is 16.1. The van der Waals surface area contributed by atoms with Gasteiger partial charge in [-0.3, -0.25) is 4.79 Å². The molecule has 0 aromatic rings. The third-order valence-corrected chi connectivity index (χ3v) is 2.51. The van der Waals surface area contributed by atoms with Gasteiger partial charge in [0.05, 0.1) is 0 Å². The van der Waals surface area contributed by atoms with Crippen LogP contribution in [0.1, 0.15) is 40.0 Å². The average molecular weight is 166 g/mol. The fourth-order valence-electron chi connectivity index (χ4n) is 1.56. The lowest BCUT2D eigenvalue weighted by molar-refractivity contribution is -0.118. The Morgan fingerprint density at radius 1 is 1.58 bits per heavy atom. The van der Waals surface area contributed by atoms with E-state index in [4.69, 9.17) is 0 Å². The van der Waals surface area contributed by atoms with E-state index in [1.54, 1.807) is 0 Å². The first-order valence-electron chi connectivity index (χ1n) is 4.84. The molecule has 0 radical (unpaired) electrons. The van der Waals surface area contributed by atoms with Gasteiger partial charge in [-0.15, -0.1) is 0 Å². The molecule has 0 spiro atoms. The fraction of sp³-hybridized carbons (Fsp3) is 0.727. The van der Waals surface area contributed by atoms with E-state index < -0.39 is 0 Å². The monoisotopic (exact) mass is 166 g/mol. The first kappa shape index (κ1) is 9.50. The second-order valence-electron chi connectivity index (χ2n) is 4.13. The topological polar surface area (TPSA) is 17.1 Å². The zero-order chi connectivity index (χ0) is 9.14.